The first kappa shape index (κ1) is 40.9. The number of aliphatic carboxylic acids is 1. The molecule has 12 heteroatoms. The van der Waals surface area contributed by atoms with Crippen molar-refractivity contribution in [1.29, 1.82) is 0 Å². The number of carbonyl (C=O) groups excluding carboxylic acids is 1. The zero-order valence-electron chi connectivity index (χ0n) is 31.0. The number of rotatable bonds is 10. The van der Waals surface area contributed by atoms with Gasteiger partial charge in [0.1, 0.15) is 0 Å². The van der Waals surface area contributed by atoms with E-state index < -0.39 is 59.6 Å². The number of carbonyl (C=O) groups is 1. The average Bonchev–Trinajstić information content (AvgIpc) is 3.73. The maximum atomic E-state index is 11.7. The smallest absolute Gasteiger partial charge is 0.550 e. The van der Waals surface area contributed by atoms with Crippen molar-refractivity contribution in [2.45, 2.75) is 172 Å². The summed E-state index contributed by atoms with van der Waals surface area (Å²) < 4.78 is 39.3. The molecule has 1 spiro atoms. The van der Waals surface area contributed by atoms with E-state index in [-0.39, 0.29) is 83.6 Å². The van der Waals surface area contributed by atoms with Gasteiger partial charge in [-0.3, -0.25) is 0 Å². The number of aliphatic hydroxyl groups excluding tert-OH is 2. The molecule has 17 atom stereocenters. The summed E-state index contributed by atoms with van der Waals surface area (Å²) >= 11 is 0. The van der Waals surface area contributed by atoms with E-state index in [1.807, 2.05) is 20.8 Å². The van der Waals surface area contributed by atoms with Crippen LogP contribution in [-0.2, 0) is 33.2 Å². The Morgan fingerprint density at radius 1 is 1.04 bits per heavy atom. The quantitative estimate of drug-likeness (QED) is 0.264. The second-order valence-corrected chi connectivity index (χ2v) is 16.3. The molecule has 5 fully saturated rings. The van der Waals surface area contributed by atoms with Crippen LogP contribution in [0.2, 0.25) is 0 Å². The van der Waals surface area contributed by atoms with Gasteiger partial charge in [-0.05, 0) is 57.3 Å². The number of hydrogen-bond donors (Lipinski definition) is 3. The van der Waals surface area contributed by atoms with Crippen molar-refractivity contribution in [2.24, 2.45) is 35.5 Å². The molecule has 3 N–H and O–H groups in total. The summed E-state index contributed by atoms with van der Waals surface area (Å²) in [6.45, 7) is 15.4. The molecule has 5 rings (SSSR count). The molecule has 11 nitrogen and oxygen atoms in total. The van der Waals surface area contributed by atoms with E-state index in [4.69, 9.17) is 28.4 Å². The van der Waals surface area contributed by atoms with Gasteiger partial charge in [-0.2, -0.15) is 0 Å². The Balaban J connectivity index is 0.00000520. The average molecular weight is 693 g/mol. The van der Waals surface area contributed by atoms with Crippen molar-refractivity contribution in [3.63, 3.8) is 0 Å². The van der Waals surface area contributed by atoms with Gasteiger partial charge in [0.25, 0.3) is 0 Å². The van der Waals surface area contributed by atoms with Crippen LogP contribution in [0.3, 0.4) is 0 Å². The number of methoxy groups -OCH3 is 1. The molecule has 0 amide bonds. The number of carboxylic acid groups (broad SMARTS) is 1. The van der Waals surface area contributed by atoms with Gasteiger partial charge in [0.05, 0.1) is 60.5 Å². The normalized spacial score (nSPS) is 49.8. The van der Waals surface area contributed by atoms with Crippen molar-refractivity contribution in [1.82, 2.24) is 0 Å². The van der Waals surface area contributed by atoms with E-state index in [0.29, 0.717) is 19.3 Å². The van der Waals surface area contributed by atoms with Crippen molar-refractivity contribution in [2.75, 3.05) is 13.7 Å². The zero-order valence-corrected chi connectivity index (χ0v) is 33.0. The third kappa shape index (κ3) is 7.33. The number of aliphatic hydroxyl groups is 3. The van der Waals surface area contributed by atoms with Crippen molar-refractivity contribution >= 4 is 5.97 Å². The summed E-state index contributed by atoms with van der Waals surface area (Å²) in [4.78, 5) is 11.7. The van der Waals surface area contributed by atoms with E-state index in [1.165, 1.54) is 7.11 Å². The molecule has 48 heavy (non-hydrogen) atoms. The van der Waals surface area contributed by atoms with Gasteiger partial charge in [0.15, 0.2) is 11.6 Å². The molecular formula is C36H61NaO11. The van der Waals surface area contributed by atoms with Crippen LogP contribution in [-0.4, -0.2) is 101 Å². The summed E-state index contributed by atoms with van der Waals surface area (Å²) in [6.07, 6.45) is 2.81. The molecule has 5 aliphatic heterocycles. The minimum Gasteiger partial charge on any atom is -0.550 e. The van der Waals surface area contributed by atoms with Gasteiger partial charge in [0, 0.05) is 49.6 Å². The Hall–Kier alpha value is 0.110. The summed E-state index contributed by atoms with van der Waals surface area (Å²) in [5.74, 6) is -4.97. The second-order valence-electron chi connectivity index (χ2n) is 16.3. The van der Waals surface area contributed by atoms with E-state index in [2.05, 4.69) is 27.7 Å². The largest absolute Gasteiger partial charge is 1.00 e. The van der Waals surface area contributed by atoms with Crippen LogP contribution < -0.4 is 34.7 Å². The Kier molecular flexibility index (Phi) is 13.0. The third-order valence-corrected chi connectivity index (χ3v) is 13.0. The first-order valence-corrected chi connectivity index (χ1v) is 18.1. The van der Waals surface area contributed by atoms with E-state index in [0.717, 1.165) is 32.1 Å². The molecule has 0 aromatic rings. The fraction of sp³-hybridized carbons (Fsp3) is 0.972. The van der Waals surface area contributed by atoms with Gasteiger partial charge in [-0.25, -0.2) is 0 Å². The Morgan fingerprint density at radius 2 is 1.73 bits per heavy atom. The fourth-order valence-electron chi connectivity index (χ4n) is 9.91. The number of carboxylic acids is 1. The van der Waals surface area contributed by atoms with Crippen molar-refractivity contribution < 1.29 is 83.2 Å². The molecule has 0 aliphatic carbocycles. The van der Waals surface area contributed by atoms with E-state index in [9.17, 15) is 25.2 Å². The summed E-state index contributed by atoms with van der Waals surface area (Å²) in [6, 6.07) is 0. The maximum absolute atomic E-state index is 11.7. The standard InChI is InChI=1S/C36H62O11.Na/c1-10-34(31-20(3)16-26(43-31)28-19(2)15-21(4)36(41,18-37)46-28)12-11-27(44-34)33(8)13-14-35(47-33)17-25(38)22(5)30(45-35)23(6)29(42-9)24(7)32(39)40;/h19-31,37-38,41H,10-18H2,1-9H3,(H,39,40);/q;+1/p-1/t19-,20-,21+,22+,23-,24-,25-,26+,27+,28-,29+,30-,31+,33-,34-,35+,36-;/m0./s1. The van der Waals surface area contributed by atoms with Gasteiger partial charge in [0.2, 0.25) is 0 Å². The van der Waals surface area contributed by atoms with Crippen LogP contribution in [0, 0.1) is 35.5 Å². The minimum absolute atomic E-state index is 0. The molecule has 0 saturated carbocycles. The van der Waals surface area contributed by atoms with Crippen LogP contribution in [0.5, 0.6) is 0 Å². The molecule has 0 aromatic carbocycles. The maximum Gasteiger partial charge on any atom is 1.00 e. The Bertz CT molecular complexity index is 1110. The van der Waals surface area contributed by atoms with Crippen molar-refractivity contribution in [3.05, 3.63) is 0 Å². The summed E-state index contributed by atoms with van der Waals surface area (Å²) in [7, 11) is 1.50. The zero-order chi connectivity index (χ0) is 34.7. The van der Waals surface area contributed by atoms with Gasteiger partial charge in [-0.15, -0.1) is 0 Å². The molecule has 5 heterocycles. The molecule has 5 aliphatic rings. The molecular weight excluding hydrogens is 631 g/mol. The second kappa shape index (κ2) is 15.2. The first-order valence-electron chi connectivity index (χ1n) is 18.1. The van der Waals surface area contributed by atoms with E-state index in [1.54, 1.807) is 6.92 Å². The summed E-state index contributed by atoms with van der Waals surface area (Å²) in [5, 5.41) is 43.9. The fourth-order valence-corrected chi connectivity index (χ4v) is 9.91. The van der Waals surface area contributed by atoms with Crippen LogP contribution in [0.4, 0.5) is 0 Å². The van der Waals surface area contributed by atoms with Crippen LogP contribution >= 0.6 is 0 Å². The van der Waals surface area contributed by atoms with E-state index >= 15 is 0 Å². The van der Waals surface area contributed by atoms with Crippen LogP contribution in [0.15, 0.2) is 0 Å². The molecule has 0 unspecified atom stereocenters. The van der Waals surface area contributed by atoms with Gasteiger partial charge < -0.3 is 53.6 Å². The van der Waals surface area contributed by atoms with Gasteiger partial charge in [-0.1, -0.05) is 48.5 Å². The van der Waals surface area contributed by atoms with Crippen LogP contribution in [0.1, 0.15) is 107 Å². The van der Waals surface area contributed by atoms with Crippen LogP contribution in [0.25, 0.3) is 0 Å². The topological polar surface area (TPSA) is 156 Å². The first-order chi connectivity index (χ1) is 22.0. The molecule has 0 radical (unpaired) electrons. The Morgan fingerprint density at radius 3 is 2.33 bits per heavy atom. The predicted octanol–water partition coefficient (Wildman–Crippen LogP) is -0.0578. The van der Waals surface area contributed by atoms with Gasteiger partial charge >= 0.3 is 29.6 Å². The molecule has 272 valence electrons. The minimum atomic E-state index is -1.57. The SMILES string of the molecule is CC[C@@]1([C@@H]2O[C@@H]([C@H]3O[C@@](O)(CO)[C@H](C)C[C@@H]3C)C[C@@H]2C)CC[C@H]([C@]2(C)CC[C@]3(C[C@H](O)[C@@H](C)[C@@H]([C@@H](C)[C@@H](OC)[C@H](C)C(=O)[O-])O3)O2)O1.[Na+]. The number of ether oxygens (including phenoxy) is 6. The predicted molar refractivity (Wildman–Crippen MR) is 170 cm³/mol. The van der Waals surface area contributed by atoms with Crippen molar-refractivity contribution in [3.8, 4) is 0 Å². The summed E-state index contributed by atoms with van der Waals surface area (Å²) in [5.41, 5.74) is -1.16. The monoisotopic (exact) mass is 692 g/mol. The Labute approximate surface area is 309 Å². The number of hydrogen-bond acceptors (Lipinski definition) is 11. The molecule has 5 saturated heterocycles. The molecule has 0 aromatic heterocycles. The third-order valence-electron chi connectivity index (χ3n) is 13.0. The molecule has 0 bridgehead atoms.